The molecule has 0 aromatic heterocycles. The third-order valence-electron chi connectivity index (χ3n) is 6.85. The highest BCUT2D eigenvalue weighted by molar-refractivity contribution is 7.85. The summed E-state index contributed by atoms with van der Waals surface area (Å²) < 4.78 is 33.5. The first-order chi connectivity index (χ1) is 17.2. The van der Waals surface area contributed by atoms with Crippen LogP contribution in [0.5, 0.6) is 0 Å². The fourth-order valence-corrected chi connectivity index (χ4v) is 4.81. The van der Waals surface area contributed by atoms with Crippen molar-refractivity contribution in [3.8, 4) is 0 Å². The SMILES string of the molecule is CCCCCCCCCCCCc1ccc(S(=O)(=O)[O-])cc1.CCCCCCCC[N+](C)(C)CCO. The monoisotopic (exact) mass is 527 g/mol. The number of aliphatic hydroxyl groups is 1. The van der Waals surface area contributed by atoms with Crippen LogP contribution >= 0.6 is 0 Å². The maximum absolute atomic E-state index is 10.8. The summed E-state index contributed by atoms with van der Waals surface area (Å²) in [6.07, 6.45) is 22.2. The van der Waals surface area contributed by atoms with Crippen molar-refractivity contribution in [1.82, 2.24) is 0 Å². The third-order valence-corrected chi connectivity index (χ3v) is 7.70. The second-order valence-corrected chi connectivity index (χ2v) is 12.3. The molecule has 0 heterocycles. The Labute approximate surface area is 224 Å². The minimum Gasteiger partial charge on any atom is -0.744 e. The van der Waals surface area contributed by atoms with Crippen LogP contribution in [0, 0.1) is 0 Å². The van der Waals surface area contributed by atoms with Gasteiger partial charge in [-0.25, -0.2) is 8.42 Å². The number of hydrogen-bond acceptors (Lipinski definition) is 4. The second-order valence-electron chi connectivity index (χ2n) is 10.9. The van der Waals surface area contributed by atoms with Crippen LogP contribution in [0.4, 0.5) is 0 Å². The summed E-state index contributed by atoms with van der Waals surface area (Å²) >= 11 is 0. The average molecular weight is 528 g/mol. The first kappa shape index (κ1) is 35.0. The number of rotatable bonds is 21. The van der Waals surface area contributed by atoms with Crippen molar-refractivity contribution in [3.05, 3.63) is 29.8 Å². The first-order valence-corrected chi connectivity index (χ1v) is 16.0. The Morgan fingerprint density at radius 2 is 1.08 bits per heavy atom. The first-order valence-electron chi connectivity index (χ1n) is 14.6. The topological polar surface area (TPSA) is 77.4 Å². The lowest BCUT2D eigenvalue weighted by Gasteiger charge is -2.28. The molecule has 212 valence electrons. The third kappa shape index (κ3) is 21.2. The molecule has 5 nitrogen and oxygen atoms in total. The van der Waals surface area contributed by atoms with E-state index in [0.717, 1.165) is 29.4 Å². The molecule has 0 aliphatic rings. The van der Waals surface area contributed by atoms with Gasteiger partial charge in [0.05, 0.1) is 32.1 Å². The van der Waals surface area contributed by atoms with Crippen LogP contribution in [-0.2, 0) is 16.5 Å². The van der Waals surface area contributed by atoms with E-state index in [1.165, 1.54) is 115 Å². The van der Waals surface area contributed by atoms with Crippen LogP contribution in [0.2, 0.25) is 0 Å². The van der Waals surface area contributed by atoms with Crippen LogP contribution in [-0.4, -0.2) is 56.4 Å². The number of benzene rings is 1. The van der Waals surface area contributed by atoms with Gasteiger partial charge in [-0.3, -0.25) is 0 Å². The van der Waals surface area contributed by atoms with Gasteiger partial charge in [-0.1, -0.05) is 109 Å². The molecule has 6 heteroatoms. The molecule has 1 rings (SSSR count). The molecule has 1 aromatic carbocycles. The van der Waals surface area contributed by atoms with E-state index >= 15 is 0 Å². The van der Waals surface area contributed by atoms with Crippen LogP contribution in [0.1, 0.15) is 122 Å². The molecule has 0 saturated heterocycles. The summed E-state index contributed by atoms with van der Waals surface area (Å²) in [7, 11) is 0.0797. The number of quaternary nitrogens is 1. The largest absolute Gasteiger partial charge is 0.744 e. The molecule has 0 bridgehead atoms. The molecule has 0 aliphatic heterocycles. The lowest BCUT2D eigenvalue weighted by Crippen LogP contribution is -2.42. The number of unbranched alkanes of at least 4 members (excludes halogenated alkanes) is 14. The lowest BCUT2D eigenvalue weighted by molar-refractivity contribution is -0.890. The fraction of sp³-hybridized carbons (Fsp3) is 0.800. The molecule has 0 radical (unpaired) electrons. The summed E-state index contributed by atoms with van der Waals surface area (Å²) in [5, 5.41) is 8.86. The molecule has 0 atom stereocenters. The molecule has 1 aromatic rings. The van der Waals surface area contributed by atoms with E-state index < -0.39 is 10.1 Å². The molecule has 0 amide bonds. The molecule has 0 unspecified atom stereocenters. The van der Waals surface area contributed by atoms with E-state index in [1.807, 2.05) is 0 Å². The van der Waals surface area contributed by atoms with Crippen molar-refractivity contribution >= 4 is 10.1 Å². The van der Waals surface area contributed by atoms with Crippen LogP contribution in [0.15, 0.2) is 29.2 Å². The smallest absolute Gasteiger partial charge is 0.124 e. The van der Waals surface area contributed by atoms with E-state index in [4.69, 9.17) is 5.11 Å². The van der Waals surface area contributed by atoms with Gasteiger partial charge < -0.3 is 14.1 Å². The number of aliphatic hydroxyl groups excluding tert-OH is 1. The van der Waals surface area contributed by atoms with Gasteiger partial charge in [-0.05, 0) is 43.4 Å². The van der Waals surface area contributed by atoms with Gasteiger partial charge in [0.2, 0.25) is 0 Å². The van der Waals surface area contributed by atoms with E-state index in [1.54, 1.807) is 12.1 Å². The predicted molar refractivity (Wildman–Crippen MR) is 152 cm³/mol. The van der Waals surface area contributed by atoms with Gasteiger partial charge in [0.1, 0.15) is 16.7 Å². The van der Waals surface area contributed by atoms with Crippen molar-refractivity contribution < 1.29 is 22.6 Å². The zero-order valence-electron chi connectivity index (χ0n) is 24.0. The van der Waals surface area contributed by atoms with Crippen molar-refractivity contribution in [1.29, 1.82) is 0 Å². The molecule has 0 aliphatic carbocycles. The van der Waals surface area contributed by atoms with Gasteiger partial charge in [0, 0.05) is 0 Å². The van der Waals surface area contributed by atoms with Gasteiger partial charge in [0.25, 0.3) is 0 Å². The minimum atomic E-state index is -4.31. The molecular formula is C30H57NO4S. The van der Waals surface area contributed by atoms with E-state index in [9.17, 15) is 13.0 Å². The van der Waals surface area contributed by atoms with Crippen LogP contribution < -0.4 is 0 Å². The summed E-state index contributed by atoms with van der Waals surface area (Å²) in [4.78, 5) is -0.140. The van der Waals surface area contributed by atoms with Crippen molar-refractivity contribution in [2.24, 2.45) is 0 Å². The summed E-state index contributed by atoms with van der Waals surface area (Å²) in [6, 6.07) is 6.32. The van der Waals surface area contributed by atoms with Crippen molar-refractivity contribution in [2.45, 2.75) is 128 Å². The minimum absolute atomic E-state index is 0.140. The van der Waals surface area contributed by atoms with Gasteiger partial charge in [-0.15, -0.1) is 0 Å². The molecule has 0 saturated carbocycles. The molecule has 36 heavy (non-hydrogen) atoms. The molecular weight excluding hydrogens is 470 g/mol. The molecule has 0 fully saturated rings. The summed E-state index contributed by atoms with van der Waals surface area (Å²) in [6.45, 7) is 6.89. The van der Waals surface area contributed by atoms with Gasteiger partial charge in [0.15, 0.2) is 0 Å². The van der Waals surface area contributed by atoms with E-state index in [2.05, 4.69) is 27.9 Å². The Bertz CT molecular complexity index is 717. The Kier molecular flexibility index (Phi) is 21.5. The zero-order chi connectivity index (χ0) is 27.1. The zero-order valence-corrected chi connectivity index (χ0v) is 24.8. The maximum Gasteiger partial charge on any atom is 0.124 e. The van der Waals surface area contributed by atoms with Crippen LogP contribution in [0.25, 0.3) is 0 Å². The van der Waals surface area contributed by atoms with Crippen molar-refractivity contribution in [2.75, 3.05) is 33.8 Å². The Balaban J connectivity index is 0.000000757. The van der Waals surface area contributed by atoms with E-state index in [0.29, 0.717) is 6.61 Å². The fourth-order valence-electron chi connectivity index (χ4n) is 4.34. The normalized spacial score (nSPS) is 11.8. The Morgan fingerprint density at radius 3 is 1.50 bits per heavy atom. The number of aryl methyl sites for hydroxylation is 1. The van der Waals surface area contributed by atoms with E-state index in [-0.39, 0.29) is 4.90 Å². The highest BCUT2D eigenvalue weighted by Gasteiger charge is 2.12. The van der Waals surface area contributed by atoms with Gasteiger partial charge in [-0.2, -0.15) is 0 Å². The second kappa shape index (κ2) is 22.1. The number of nitrogens with zero attached hydrogens (tertiary/aromatic N) is 1. The van der Waals surface area contributed by atoms with Crippen molar-refractivity contribution in [3.63, 3.8) is 0 Å². The molecule has 0 spiro atoms. The highest BCUT2D eigenvalue weighted by atomic mass is 32.2. The van der Waals surface area contributed by atoms with Gasteiger partial charge >= 0.3 is 0 Å². The standard InChI is InChI=1S/C18H30O3S.C12H28NO/c1-2-3-4-5-6-7-8-9-10-11-12-17-13-15-18(16-14-17)22(19,20)21;1-4-5-6-7-8-9-10-13(2,3)11-12-14/h13-16H,2-12H2,1H3,(H,19,20,21);14H,4-12H2,1-3H3/q;+1/p-1. The quantitative estimate of drug-likeness (QED) is 0.102. The predicted octanol–water partition coefficient (Wildman–Crippen LogP) is 7.47. The number of likely N-dealkylation sites (N-methyl/N-ethyl adjacent to an activating group) is 1. The maximum atomic E-state index is 10.8. The lowest BCUT2D eigenvalue weighted by atomic mass is 10.0. The van der Waals surface area contributed by atoms with Crippen LogP contribution in [0.3, 0.4) is 0 Å². The Morgan fingerprint density at radius 1 is 0.667 bits per heavy atom. The molecule has 1 N–H and O–H groups in total. The summed E-state index contributed by atoms with van der Waals surface area (Å²) in [5.74, 6) is 0. The highest BCUT2D eigenvalue weighted by Crippen LogP contribution is 2.14. The average Bonchev–Trinajstić information content (AvgIpc) is 2.82. The summed E-state index contributed by atoms with van der Waals surface area (Å²) in [5.41, 5.74) is 1.10. The number of hydrogen-bond donors (Lipinski definition) is 1. The Hall–Kier alpha value is -0.950.